The zero-order valence-electron chi connectivity index (χ0n) is 7.83. The summed E-state index contributed by atoms with van der Waals surface area (Å²) < 4.78 is 0. The molecule has 1 N–H and O–H groups in total. The first kappa shape index (κ1) is 9.53. The van der Waals surface area contributed by atoms with Crippen LogP contribution in [-0.4, -0.2) is 16.8 Å². The van der Waals surface area contributed by atoms with E-state index in [1.807, 2.05) is 6.07 Å². The Morgan fingerprint density at radius 2 is 2.14 bits per heavy atom. The maximum absolute atomic E-state index is 8.73. The summed E-state index contributed by atoms with van der Waals surface area (Å²) in [6.07, 6.45) is 3.53. The SMILES string of the molecule is O/N=C(/CCl)c1ccc2c(c1)CCC2. The lowest BCUT2D eigenvalue weighted by molar-refractivity contribution is 0.319. The number of halogens is 1. The van der Waals surface area contributed by atoms with Crippen LogP contribution in [-0.2, 0) is 12.8 Å². The normalized spacial score (nSPS) is 15.6. The van der Waals surface area contributed by atoms with Crippen LogP contribution >= 0.6 is 11.6 Å². The zero-order valence-corrected chi connectivity index (χ0v) is 8.59. The zero-order chi connectivity index (χ0) is 9.97. The van der Waals surface area contributed by atoms with E-state index in [0.717, 1.165) is 12.0 Å². The third-order valence-corrected chi connectivity index (χ3v) is 2.93. The number of aryl methyl sites for hydroxylation is 2. The third-order valence-electron chi connectivity index (χ3n) is 2.68. The molecule has 0 aromatic heterocycles. The maximum atomic E-state index is 8.73. The lowest BCUT2D eigenvalue weighted by atomic mass is 10.0. The van der Waals surface area contributed by atoms with Crippen LogP contribution < -0.4 is 0 Å². The van der Waals surface area contributed by atoms with E-state index in [1.165, 1.54) is 24.0 Å². The molecule has 0 saturated heterocycles. The molecule has 0 spiro atoms. The van der Waals surface area contributed by atoms with Crippen LogP contribution in [0.2, 0.25) is 0 Å². The monoisotopic (exact) mass is 209 g/mol. The van der Waals surface area contributed by atoms with Crippen LogP contribution in [0.4, 0.5) is 0 Å². The Morgan fingerprint density at radius 1 is 1.36 bits per heavy atom. The van der Waals surface area contributed by atoms with Crippen LogP contribution in [0.25, 0.3) is 0 Å². The molecule has 1 aliphatic carbocycles. The Kier molecular flexibility index (Phi) is 2.73. The van der Waals surface area contributed by atoms with Gasteiger partial charge in [0.1, 0.15) is 5.71 Å². The van der Waals surface area contributed by atoms with E-state index in [-0.39, 0.29) is 5.88 Å². The largest absolute Gasteiger partial charge is 0.411 e. The topological polar surface area (TPSA) is 32.6 Å². The predicted octanol–water partition coefficient (Wildman–Crippen LogP) is 2.59. The van der Waals surface area contributed by atoms with Gasteiger partial charge >= 0.3 is 0 Å². The molecule has 0 heterocycles. The molecular formula is C11H12ClNO. The summed E-state index contributed by atoms with van der Waals surface area (Å²) in [5, 5.41) is 11.9. The standard InChI is InChI=1S/C11H12ClNO/c12-7-11(13-14)10-5-4-8-2-1-3-9(8)6-10/h4-6,14H,1-3,7H2/b13-11-. The summed E-state index contributed by atoms with van der Waals surface area (Å²) in [6, 6.07) is 6.16. The quantitative estimate of drug-likeness (QED) is 0.345. The summed E-state index contributed by atoms with van der Waals surface area (Å²) in [4.78, 5) is 0. The van der Waals surface area contributed by atoms with Gasteiger partial charge in [0.15, 0.2) is 0 Å². The minimum Gasteiger partial charge on any atom is -0.411 e. The van der Waals surface area contributed by atoms with E-state index < -0.39 is 0 Å². The van der Waals surface area contributed by atoms with Crippen molar-refractivity contribution in [2.24, 2.45) is 5.16 Å². The maximum Gasteiger partial charge on any atom is 0.101 e. The second-order valence-electron chi connectivity index (χ2n) is 3.52. The molecule has 0 radical (unpaired) electrons. The summed E-state index contributed by atoms with van der Waals surface area (Å²) in [7, 11) is 0. The average molecular weight is 210 g/mol. The molecule has 1 aromatic rings. The number of alkyl halides is 1. The molecule has 0 bridgehead atoms. The minimum atomic E-state index is 0.245. The molecular weight excluding hydrogens is 198 g/mol. The fraction of sp³-hybridized carbons (Fsp3) is 0.364. The Morgan fingerprint density at radius 3 is 2.86 bits per heavy atom. The van der Waals surface area contributed by atoms with Crippen molar-refractivity contribution in [1.29, 1.82) is 0 Å². The number of benzene rings is 1. The summed E-state index contributed by atoms with van der Waals surface area (Å²) in [5.41, 5.74) is 4.26. The summed E-state index contributed by atoms with van der Waals surface area (Å²) in [6.45, 7) is 0. The van der Waals surface area contributed by atoms with Crippen LogP contribution in [0, 0.1) is 0 Å². The first-order valence-electron chi connectivity index (χ1n) is 4.74. The first-order chi connectivity index (χ1) is 6.85. The Balaban J connectivity index is 2.37. The lowest BCUT2D eigenvalue weighted by Gasteiger charge is -2.04. The van der Waals surface area contributed by atoms with E-state index in [1.54, 1.807) is 0 Å². The van der Waals surface area contributed by atoms with E-state index in [0.29, 0.717) is 5.71 Å². The highest BCUT2D eigenvalue weighted by atomic mass is 35.5. The van der Waals surface area contributed by atoms with Gasteiger partial charge in [0.2, 0.25) is 0 Å². The second kappa shape index (κ2) is 4.01. The molecule has 1 aliphatic rings. The van der Waals surface area contributed by atoms with Crippen molar-refractivity contribution in [3.05, 3.63) is 34.9 Å². The van der Waals surface area contributed by atoms with Crippen LogP contribution in [0.1, 0.15) is 23.1 Å². The van der Waals surface area contributed by atoms with Gasteiger partial charge in [-0.3, -0.25) is 0 Å². The molecule has 0 atom stereocenters. The van der Waals surface area contributed by atoms with E-state index in [2.05, 4.69) is 17.3 Å². The second-order valence-corrected chi connectivity index (χ2v) is 3.78. The molecule has 0 amide bonds. The number of rotatable bonds is 2. The minimum absolute atomic E-state index is 0.245. The third kappa shape index (κ3) is 1.62. The van der Waals surface area contributed by atoms with Crippen LogP contribution in [0.5, 0.6) is 0 Å². The number of nitrogens with zero attached hydrogens (tertiary/aromatic N) is 1. The molecule has 2 rings (SSSR count). The molecule has 0 fully saturated rings. The van der Waals surface area contributed by atoms with Gasteiger partial charge in [-0.15, -0.1) is 11.6 Å². The van der Waals surface area contributed by atoms with Gasteiger partial charge in [0.05, 0.1) is 5.88 Å². The Bertz CT molecular complexity index is 374. The molecule has 0 aliphatic heterocycles. The highest BCUT2D eigenvalue weighted by Crippen LogP contribution is 2.23. The van der Waals surface area contributed by atoms with Crippen molar-refractivity contribution < 1.29 is 5.21 Å². The smallest absolute Gasteiger partial charge is 0.101 e. The first-order valence-corrected chi connectivity index (χ1v) is 5.27. The van der Waals surface area contributed by atoms with Gasteiger partial charge in [0, 0.05) is 5.56 Å². The Hall–Kier alpha value is -1.02. The van der Waals surface area contributed by atoms with E-state index >= 15 is 0 Å². The van der Waals surface area contributed by atoms with Gasteiger partial charge in [0.25, 0.3) is 0 Å². The van der Waals surface area contributed by atoms with Gasteiger partial charge < -0.3 is 5.21 Å². The fourth-order valence-electron chi connectivity index (χ4n) is 1.91. The average Bonchev–Trinajstić information content (AvgIpc) is 2.66. The van der Waals surface area contributed by atoms with Crippen molar-refractivity contribution in [3.8, 4) is 0 Å². The summed E-state index contributed by atoms with van der Waals surface area (Å²) >= 11 is 5.66. The van der Waals surface area contributed by atoms with Crippen LogP contribution in [0.15, 0.2) is 23.4 Å². The lowest BCUT2D eigenvalue weighted by Crippen LogP contribution is -2.03. The number of oxime groups is 1. The van der Waals surface area contributed by atoms with Gasteiger partial charge in [-0.2, -0.15) is 0 Å². The molecule has 14 heavy (non-hydrogen) atoms. The highest BCUT2D eigenvalue weighted by Gasteiger charge is 2.12. The number of hydrogen-bond acceptors (Lipinski definition) is 2. The molecule has 74 valence electrons. The predicted molar refractivity (Wildman–Crippen MR) is 57.5 cm³/mol. The van der Waals surface area contributed by atoms with Crippen molar-refractivity contribution >= 4 is 17.3 Å². The van der Waals surface area contributed by atoms with Gasteiger partial charge in [-0.1, -0.05) is 17.3 Å². The Labute approximate surface area is 88.2 Å². The molecule has 3 heteroatoms. The fourth-order valence-corrected chi connectivity index (χ4v) is 2.12. The summed E-state index contributed by atoms with van der Waals surface area (Å²) in [5.74, 6) is 0.245. The van der Waals surface area contributed by atoms with Gasteiger partial charge in [-0.05, 0) is 36.5 Å². The van der Waals surface area contributed by atoms with Crippen molar-refractivity contribution in [2.45, 2.75) is 19.3 Å². The number of hydrogen-bond donors (Lipinski definition) is 1. The van der Waals surface area contributed by atoms with Gasteiger partial charge in [-0.25, -0.2) is 0 Å². The van der Waals surface area contributed by atoms with E-state index in [9.17, 15) is 0 Å². The molecule has 0 unspecified atom stereocenters. The molecule has 2 nitrogen and oxygen atoms in total. The molecule has 0 saturated carbocycles. The van der Waals surface area contributed by atoms with Crippen molar-refractivity contribution in [2.75, 3.05) is 5.88 Å². The molecule has 1 aromatic carbocycles. The van der Waals surface area contributed by atoms with Crippen LogP contribution in [0.3, 0.4) is 0 Å². The number of fused-ring (bicyclic) bond motifs is 1. The van der Waals surface area contributed by atoms with Crippen molar-refractivity contribution in [1.82, 2.24) is 0 Å². The highest BCUT2D eigenvalue weighted by molar-refractivity contribution is 6.31. The van der Waals surface area contributed by atoms with E-state index in [4.69, 9.17) is 16.8 Å². The van der Waals surface area contributed by atoms with Crippen molar-refractivity contribution in [3.63, 3.8) is 0 Å².